The molecule has 6 nitrogen and oxygen atoms in total. The predicted octanol–water partition coefficient (Wildman–Crippen LogP) is 4.53. The van der Waals surface area contributed by atoms with Gasteiger partial charge >= 0.3 is 0 Å². The van der Waals surface area contributed by atoms with Crippen LogP contribution in [0.15, 0.2) is 36.7 Å². The van der Waals surface area contributed by atoms with Gasteiger partial charge in [0, 0.05) is 42.5 Å². The third kappa shape index (κ3) is 3.15. The van der Waals surface area contributed by atoms with Gasteiger partial charge in [-0.15, -0.1) is 0 Å². The Morgan fingerprint density at radius 3 is 2.34 bits per heavy atom. The average Bonchev–Trinajstić information content (AvgIpc) is 3.51. The highest BCUT2D eigenvalue weighted by Gasteiger charge is 2.36. The minimum Gasteiger partial charge on any atom is -0.348 e. The van der Waals surface area contributed by atoms with Gasteiger partial charge in [0.2, 0.25) is 0 Å². The number of anilines is 1. The molecule has 0 spiro atoms. The second-order valence-electron chi connectivity index (χ2n) is 8.06. The molecule has 2 fully saturated rings. The highest BCUT2D eigenvalue weighted by molar-refractivity contribution is 7.29. The average molecular weight is 423 g/mol. The van der Waals surface area contributed by atoms with Gasteiger partial charge in [0.05, 0.1) is 6.20 Å². The summed E-state index contributed by atoms with van der Waals surface area (Å²) in [4.78, 5) is 14.3. The van der Waals surface area contributed by atoms with Crippen molar-refractivity contribution in [3.8, 4) is 21.7 Å². The van der Waals surface area contributed by atoms with Crippen LogP contribution < -0.4 is 10.2 Å². The molecule has 29 heavy (non-hydrogen) atoms. The molecule has 3 atom stereocenters. The third-order valence-corrected chi connectivity index (χ3v) is 8.39. The number of hydrogen-bond donors (Lipinski definition) is 2. The Morgan fingerprint density at radius 2 is 1.66 bits per heavy atom. The fourth-order valence-electron chi connectivity index (χ4n) is 4.62. The molecule has 0 saturated carbocycles. The molecule has 5 heterocycles. The number of hydrogen-bond acceptors (Lipinski definition) is 7. The first kappa shape index (κ1) is 17.6. The molecule has 4 aromatic rings. The maximum absolute atomic E-state index is 4.93. The van der Waals surface area contributed by atoms with Gasteiger partial charge in [0.1, 0.15) is 5.01 Å². The van der Waals surface area contributed by atoms with E-state index in [1.807, 2.05) is 12.4 Å². The third-order valence-electron chi connectivity index (χ3n) is 6.23. The quantitative estimate of drug-likeness (QED) is 0.506. The van der Waals surface area contributed by atoms with Gasteiger partial charge < -0.3 is 10.2 Å². The molecule has 2 N–H and O–H groups in total. The summed E-state index contributed by atoms with van der Waals surface area (Å²) in [6, 6.07) is 10.5. The fourth-order valence-corrected chi connectivity index (χ4v) is 6.70. The molecule has 0 amide bonds. The van der Waals surface area contributed by atoms with Gasteiger partial charge in [-0.2, -0.15) is 5.10 Å². The first-order valence-electron chi connectivity index (χ1n) is 10.1. The van der Waals surface area contributed by atoms with Crippen molar-refractivity contribution in [1.29, 1.82) is 0 Å². The van der Waals surface area contributed by atoms with Crippen molar-refractivity contribution in [2.75, 3.05) is 11.9 Å². The highest BCUT2D eigenvalue weighted by Crippen LogP contribution is 2.38. The smallest absolute Gasteiger partial charge is 0.188 e. The standard InChI is InChI=1S/C21H22N6S2/c1-27(17-8-15-6-7-16(9-17)24-15)21-26-20-19(29-21)25-18(28-20)13-4-2-12(3-5-13)14-10-22-23-11-14/h2-5,10-11,15-17,24H,6-9H2,1H3,(H,22,23)/t15-,16+,17-. The molecule has 2 aliphatic heterocycles. The lowest BCUT2D eigenvalue weighted by molar-refractivity contribution is 0.354. The van der Waals surface area contributed by atoms with E-state index in [9.17, 15) is 0 Å². The van der Waals surface area contributed by atoms with Crippen LogP contribution in [-0.2, 0) is 0 Å². The number of piperidine rings is 1. The van der Waals surface area contributed by atoms with E-state index in [0.717, 1.165) is 36.5 Å². The van der Waals surface area contributed by atoms with Crippen LogP contribution in [0, 0.1) is 0 Å². The van der Waals surface area contributed by atoms with Crippen LogP contribution in [0.25, 0.3) is 31.4 Å². The lowest BCUT2D eigenvalue weighted by atomic mass is 9.99. The van der Waals surface area contributed by atoms with Gasteiger partial charge in [-0.1, -0.05) is 46.9 Å². The van der Waals surface area contributed by atoms with E-state index in [0.29, 0.717) is 18.1 Å². The van der Waals surface area contributed by atoms with Crippen molar-refractivity contribution in [2.45, 2.75) is 43.8 Å². The van der Waals surface area contributed by atoms with Crippen LogP contribution >= 0.6 is 22.7 Å². The van der Waals surface area contributed by atoms with E-state index < -0.39 is 0 Å². The zero-order chi connectivity index (χ0) is 19.4. The molecule has 8 heteroatoms. The number of benzene rings is 1. The number of aromatic amines is 1. The second kappa shape index (κ2) is 6.90. The molecule has 0 radical (unpaired) electrons. The van der Waals surface area contributed by atoms with Crippen molar-refractivity contribution in [3.05, 3.63) is 36.7 Å². The Kier molecular flexibility index (Phi) is 4.18. The number of thiazole rings is 2. The molecule has 3 aromatic heterocycles. The number of fused-ring (bicyclic) bond motifs is 3. The van der Waals surface area contributed by atoms with E-state index in [1.165, 1.54) is 25.7 Å². The molecule has 6 rings (SSSR count). The topological polar surface area (TPSA) is 69.7 Å². The Bertz CT molecular complexity index is 1090. The molecule has 1 aromatic carbocycles. The van der Waals surface area contributed by atoms with Gasteiger partial charge in [-0.25, -0.2) is 9.97 Å². The minimum atomic E-state index is 0.587. The SMILES string of the molecule is CN(c1nc2sc(-c3ccc(-c4cn[nH]c4)cc3)nc2s1)[C@@H]1C[C@H]2CC[C@@H](C1)N2. The lowest BCUT2D eigenvalue weighted by Gasteiger charge is -2.35. The molecular formula is C21H22N6S2. The maximum atomic E-state index is 4.93. The first-order chi connectivity index (χ1) is 14.2. The molecule has 2 bridgehead atoms. The number of H-pyrrole nitrogens is 1. The second-order valence-corrected chi connectivity index (χ2v) is 10.00. The number of aromatic nitrogens is 4. The summed E-state index contributed by atoms with van der Waals surface area (Å²) in [5, 5.41) is 12.7. The lowest BCUT2D eigenvalue weighted by Crippen LogP contribution is -2.47. The summed E-state index contributed by atoms with van der Waals surface area (Å²) >= 11 is 3.40. The predicted molar refractivity (Wildman–Crippen MR) is 120 cm³/mol. The van der Waals surface area contributed by atoms with Gasteiger partial charge in [0.25, 0.3) is 0 Å². The molecular weight excluding hydrogens is 400 g/mol. The van der Waals surface area contributed by atoms with Crippen molar-refractivity contribution in [3.63, 3.8) is 0 Å². The summed E-state index contributed by atoms with van der Waals surface area (Å²) < 4.78 is 0. The summed E-state index contributed by atoms with van der Waals surface area (Å²) in [7, 11) is 2.20. The molecule has 2 aliphatic rings. The maximum Gasteiger partial charge on any atom is 0.188 e. The first-order valence-corrected chi connectivity index (χ1v) is 11.7. The van der Waals surface area contributed by atoms with Gasteiger partial charge in [-0.05, 0) is 31.2 Å². The van der Waals surface area contributed by atoms with Crippen molar-refractivity contribution in [1.82, 2.24) is 25.5 Å². The van der Waals surface area contributed by atoms with Crippen LogP contribution in [0.4, 0.5) is 5.13 Å². The number of rotatable bonds is 4. The van der Waals surface area contributed by atoms with Crippen LogP contribution in [0.3, 0.4) is 0 Å². The fraction of sp³-hybridized carbons (Fsp3) is 0.381. The Hall–Kier alpha value is -2.29. The molecule has 0 aliphatic carbocycles. The Morgan fingerprint density at radius 1 is 0.931 bits per heavy atom. The van der Waals surface area contributed by atoms with E-state index in [4.69, 9.17) is 9.97 Å². The minimum absolute atomic E-state index is 0.587. The zero-order valence-electron chi connectivity index (χ0n) is 16.1. The largest absolute Gasteiger partial charge is 0.348 e. The van der Waals surface area contributed by atoms with Crippen molar-refractivity contribution >= 4 is 37.5 Å². The van der Waals surface area contributed by atoms with E-state index in [-0.39, 0.29) is 0 Å². The molecule has 0 unspecified atom stereocenters. The summed E-state index contributed by atoms with van der Waals surface area (Å²) in [6.07, 6.45) is 8.84. The van der Waals surface area contributed by atoms with E-state index in [1.54, 1.807) is 22.7 Å². The van der Waals surface area contributed by atoms with Crippen LogP contribution in [0.1, 0.15) is 25.7 Å². The monoisotopic (exact) mass is 422 g/mol. The van der Waals surface area contributed by atoms with Crippen molar-refractivity contribution in [2.24, 2.45) is 0 Å². The Labute approximate surface area is 177 Å². The number of nitrogens with zero attached hydrogens (tertiary/aromatic N) is 4. The summed E-state index contributed by atoms with van der Waals surface area (Å²) in [5.41, 5.74) is 3.38. The summed E-state index contributed by atoms with van der Waals surface area (Å²) in [5.74, 6) is 0. The molecule has 2 saturated heterocycles. The van der Waals surface area contributed by atoms with Gasteiger partial charge in [-0.3, -0.25) is 5.10 Å². The van der Waals surface area contributed by atoms with E-state index >= 15 is 0 Å². The summed E-state index contributed by atoms with van der Waals surface area (Å²) in [6.45, 7) is 0. The normalized spacial score (nSPS) is 23.7. The van der Waals surface area contributed by atoms with E-state index in [2.05, 4.69) is 51.7 Å². The van der Waals surface area contributed by atoms with Crippen LogP contribution in [0.5, 0.6) is 0 Å². The van der Waals surface area contributed by atoms with Crippen LogP contribution in [-0.4, -0.2) is 45.3 Å². The molecule has 148 valence electrons. The van der Waals surface area contributed by atoms with Crippen LogP contribution in [0.2, 0.25) is 0 Å². The zero-order valence-corrected chi connectivity index (χ0v) is 17.8. The highest BCUT2D eigenvalue weighted by atomic mass is 32.1. The number of nitrogens with one attached hydrogen (secondary N) is 2. The van der Waals surface area contributed by atoms with Gasteiger partial charge in [0.15, 0.2) is 14.8 Å². The Balaban J connectivity index is 1.23. The van der Waals surface area contributed by atoms with Crippen molar-refractivity contribution < 1.29 is 0 Å².